The Morgan fingerprint density at radius 1 is 1.10 bits per heavy atom. The quantitative estimate of drug-likeness (QED) is 0.646. The van der Waals surface area contributed by atoms with Gasteiger partial charge in [-0.3, -0.25) is 9.59 Å². The van der Waals surface area contributed by atoms with Crippen molar-refractivity contribution in [2.45, 2.75) is 13.5 Å². The lowest BCUT2D eigenvalue weighted by atomic mass is 10.2. The van der Waals surface area contributed by atoms with E-state index in [1.807, 2.05) is 6.07 Å². The highest BCUT2D eigenvalue weighted by Crippen LogP contribution is 2.08. The second kappa shape index (κ2) is 8.92. The topological polar surface area (TPSA) is 90.3 Å². The number of amides is 1. The van der Waals surface area contributed by atoms with Crippen molar-refractivity contribution in [2.24, 2.45) is 0 Å². The average molecular weight is 395 g/mol. The van der Waals surface area contributed by atoms with E-state index in [2.05, 4.69) is 10.4 Å². The van der Waals surface area contributed by atoms with Crippen molar-refractivity contribution in [3.8, 4) is 5.69 Å². The predicted octanol–water partition coefficient (Wildman–Crippen LogP) is 2.15. The molecule has 0 saturated heterocycles. The summed E-state index contributed by atoms with van der Waals surface area (Å²) in [6.45, 7) is 1.02. The van der Waals surface area contributed by atoms with Crippen LogP contribution in [0.3, 0.4) is 0 Å². The summed E-state index contributed by atoms with van der Waals surface area (Å²) in [6, 6.07) is 16.2. The van der Waals surface area contributed by atoms with Crippen LogP contribution >= 0.6 is 0 Å². The number of carbonyl (C=O) groups excluding carboxylic acids is 2. The van der Waals surface area contributed by atoms with Gasteiger partial charge < -0.3 is 10.1 Å². The molecule has 8 heteroatoms. The zero-order valence-electron chi connectivity index (χ0n) is 15.6. The summed E-state index contributed by atoms with van der Waals surface area (Å²) in [7, 11) is 0. The number of halogens is 1. The molecule has 0 atom stereocenters. The Morgan fingerprint density at radius 3 is 2.52 bits per heavy atom. The van der Waals surface area contributed by atoms with Gasteiger partial charge in [-0.1, -0.05) is 36.4 Å². The van der Waals surface area contributed by atoms with Crippen LogP contribution in [0.25, 0.3) is 5.69 Å². The van der Waals surface area contributed by atoms with Gasteiger partial charge in [0.15, 0.2) is 6.61 Å². The van der Waals surface area contributed by atoms with Gasteiger partial charge in [-0.05, 0) is 25.1 Å². The van der Waals surface area contributed by atoms with E-state index in [-0.39, 0.29) is 6.54 Å². The number of hydrogen-bond acceptors (Lipinski definition) is 5. The van der Waals surface area contributed by atoms with Gasteiger partial charge in [-0.25, -0.2) is 13.9 Å². The normalized spacial score (nSPS) is 10.4. The van der Waals surface area contributed by atoms with Crippen molar-refractivity contribution < 1.29 is 18.7 Å². The van der Waals surface area contributed by atoms with Gasteiger partial charge in [0.2, 0.25) is 11.1 Å². The van der Waals surface area contributed by atoms with Crippen molar-refractivity contribution in [1.29, 1.82) is 0 Å². The second-order valence-electron chi connectivity index (χ2n) is 6.19. The van der Waals surface area contributed by atoms with E-state index in [0.29, 0.717) is 16.9 Å². The van der Waals surface area contributed by atoms with E-state index in [4.69, 9.17) is 4.74 Å². The van der Waals surface area contributed by atoms with E-state index >= 15 is 0 Å². The molecule has 1 amide bonds. The Hall–Kier alpha value is -3.81. The molecule has 3 rings (SSSR count). The highest BCUT2D eigenvalue weighted by molar-refractivity contribution is 5.89. The first kappa shape index (κ1) is 19.9. The van der Waals surface area contributed by atoms with Gasteiger partial charge >= 0.3 is 5.97 Å². The number of hydrogen-bond donors (Lipinski definition) is 1. The van der Waals surface area contributed by atoms with Crippen LogP contribution in [0, 0.1) is 12.7 Å². The lowest BCUT2D eigenvalue weighted by Crippen LogP contribution is -2.30. The maximum atomic E-state index is 13.5. The summed E-state index contributed by atoms with van der Waals surface area (Å²) >= 11 is 0. The number of esters is 1. The summed E-state index contributed by atoms with van der Waals surface area (Å²) in [5, 5.41) is 6.52. The first-order chi connectivity index (χ1) is 14.0. The Kier molecular flexibility index (Phi) is 6.13. The summed E-state index contributed by atoms with van der Waals surface area (Å²) in [5.74, 6) is -2.09. The summed E-state index contributed by atoms with van der Waals surface area (Å²) in [4.78, 5) is 36.3. The fraction of sp³-hybridized carbons (Fsp3) is 0.143. The third kappa shape index (κ3) is 4.92. The van der Waals surface area contributed by atoms with Crippen LogP contribution in [0.15, 0.2) is 65.5 Å². The molecule has 0 saturated carbocycles. The van der Waals surface area contributed by atoms with E-state index in [1.165, 1.54) is 22.9 Å². The van der Waals surface area contributed by atoms with Crippen LogP contribution in [0.4, 0.5) is 4.39 Å². The highest BCUT2D eigenvalue weighted by Gasteiger charge is 2.18. The summed E-state index contributed by atoms with van der Waals surface area (Å²) in [5.41, 5.74) is 0.480. The largest absolute Gasteiger partial charge is 0.451 e. The van der Waals surface area contributed by atoms with Gasteiger partial charge in [0.1, 0.15) is 5.82 Å². The van der Waals surface area contributed by atoms with Crippen LogP contribution in [0.5, 0.6) is 0 Å². The average Bonchev–Trinajstić information content (AvgIpc) is 2.72. The zero-order chi connectivity index (χ0) is 20.8. The van der Waals surface area contributed by atoms with Crippen LogP contribution < -0.4 is 10.7 Å². The van der Waals surface area contributed by atoms with Gasteiger partial charge in [0.25, 0.3) is 5.91 Å². The Balaban J connectivity index is 1.65. The number of benzene rings is 2. The van der Waals surface area contributed by atoms with Crippen molar-refractivity contribution in [1.82, 2.24) is 15.1 Å². The number of para-hydroxylation sites is 1. The molecule has 0 spiro atoms. The first-order valence-corrected chi connectivity index (χ1v) is 8.79. The van der Waals surface area contributed by atoms with Gasteiger partial charge in [0.05, 0.1) is 5.69 Å². The molecule has 0 aliphatic rings. The molecule has 0 aliphatic carbocycles. The monoisotopic (exact) mass is 395 g/mol. The number of aromatic nitrogens is 2. The van der Waals surface area contributed by atoms with Gasteiger partial charge in [-0.2, -0.15) is 5.10 Å². The van der Waals surface area contributed by atoms with Crippen LogP contribution in [-0.2, 0) is 16.1 Å². The highest BCUT2D eigenvalue weighted by atomic mass is 19.1. The van der Waals surface area contributed by atoms with Crippen molar-refractivity contribution in [3.05, 3.63) is 93.7 Å². The lowest BCUT2D eigenvalue weighted by Gasteiger charge is -2.11. The molecule has 29 heavy (non-hydrogen) atoms. The Morgan fingerprint density at radius 2 is 1.79 bits per heavy atom. The Labute approximate surface area is 165 Å². The molecule has 1 heterocycles. The molecule has 0 unspecified atom stereocenters. The number of nitrogens with zero attached hydrogens (tertiary/aromatic N) is 2. The maximum Gasteiger partial charge on any atom is 0.363 e. The minimum Gasteiger partial charge on any atom is -0.451 e. The number of rotatable bonds is 6. The molecule has 0 bridgehead atoms. The summed E-state index contributed by atoms with van der Waals surface area (Å²) < 4.78 is 19.9. The standard InChI is InChI=1S/C21H18FN3O4/c1-14-11-18(26)20(24-25(14)16-8-3-2-4-9-16)21(28)29-13-19(27)23-12-15-7-5-6-10-17(15)22/h2-11H,12-13H2,1H3,(H,23,27). The fourth-order valence-corrected chi connectivity index (χ4v) is 2.61. The smallest absolute Gasteiger partial charge is 0.363 e. The van der Waals surface area contributed by atoms with Crippen molar-refractivity contribution in [3.63, 3.8) is 0 Å². The molecule has 0 fully saturated rings. The van der Waals surface area contributed by atoms with E-state index in [1.54, 1.807) is 43.3 Å². The molecule has 2 aromatic carbocycles. The van der Waals surface area contributed by atoms with E-state index < -0.39 is 35.4 Å². The maximum absolute atomic E-state index is 13.5. The molecule has 1 N–H and O–H groups in total. The summed E-state index contributed by atoms with van der Waals surface area (Å²) in [6.07, 6.45) is 0. The molecule has 0 radical (unpaired) electrons. The minimum atomic E-state index is -1.01. The van der Waals surface area contributed by atoms with E-state index in [0.717, 1.165) is 0 Å². The molecule has 148 valence electrons. The molecular weight excluding hydrogens is 377 g/mol. The predicted molar refractivity (Wildman–Crippen MR) is 103 cm³/mol. The van der Waals surface area contributed by atoms with Crippen molar-refractivity contribution >= 4 is 11.9 Å². The zero-order valence-corrected chi connectivity index (χ0v) is 15.6. The molecule has 0 aliphatic heterocycles. The fourth-order valence-electron chi connectivity index (χ4n) is 2.61. The van der Waals surface area contributed by atoms with Crippen LogP contribution in [0.1, 0.15) is 21.7 Å². The lowest BCUT2D eigenvalue weighted by molar-refractivity contribution is -0.124. The minimum absolute atomic E-state index is 0.0490. The number of carbonyl (C=O) groups is 2. The molecule has 3 aromatic rings. The van der Waals surface area contributed by atoms with Crippen LogP contribution in [-0.4, -0.2) is 28.3 Å². The number of ether oxygens (including phenoxy) is 1. The third-order valence-electron chi connectivity index (χ3n) is 4.07. The van der Waals surface area contributed by atoms with Crippen LogP contribution in [0.2, 0.25) is 0 Å². The van der Waals surface area contributed by atoms with Gasteiger partial charge in [-0.15, -0.1) is 0 Å². The SMILES string of the molecule is Cc1cc(=O)c(C(=O)OCC(=O)NCc2ccccc2F)nn1-c1ccccc1. The van der Waals surface area contributed by atoms with Crippen molar-refractivity contribution in [2.75, 3.05) is 6.61 Å². The molecule has 7 nitrogen and oxygen atoms in total. The number of nitrogens with one attached hydrogen (secondary N) is 1. The Bertz CT molecular complexity index is 1100. The third-order valence-corrected chi connectivity index (χ3v) is 4.07. The first-order valence-electron chi connectivity index (χ1n) is 8.79. The van der Waals surface area contributed by atoms with Gasteiger partial charge in [0, 0.05) is 23.9 Å². The molecular formula is C21H18FN3O4. The second-order valence-corrected chi connectivity index (χ2v) is 6.19. The van der Waals surface area contributed by atoms with E-state index in [9.17, 15) is 18.8 Å². The number of aryl methyl sites for hydroxylation is 1. The molecule has 1 aromatic heterocycles.